The van der Waals surface area contributed by atoms with Crippen molar-refractivity contribution in [1.29, 1.82) is 0 Å². The van der Waals surface area contributed by atoms with E-state index in [1.165, 1.54) is 15.9 Å². The summed E-state index contributed by atoms with van der Waals surface area (Å²) in [5.41, 5.74) is 6.38. The van der Waals surface area contributed by atoms with Gasteiger partial charge >= 0.3 is 6.09 Å². The molecule has 14 heteroatoms. The Morgan fingerprint density at radius 1 is 1.06 bits per heavy atom. The van der Waals surface area contributed by atoms with E-state index in [9.17, 15) is 36.8 Å². The third-order valence-electron chi connectivity index (χ3n) is 12.1. The van der Waals surface area contributed by atoms with Crippen LogP contribution in [0.1, 0.15) is 98.2 Å². The molecule has 5 atom stereocenters. The van der Waals surface area contributed by atoms with Crippen LogP contribution in [0.4, 0.5) is 9.18 Å². The number of allylic oxidation sites excluding steroid dienone is 2. The molecule has 3 aliphatic heterocycles. The first-order chi connectivity index (χ1) is 25.7. The van der Waals surface area contributed by atoms with Crippen LogP contribution in [-0.2, 0) is 48.7 Å². The zero-order valence-electron chi connectivity index (χ0n) is 30.4. The predicted molar refractivity (Wildman–Crippen MR) is 195 cm³/mol. The van der Waals surface area contributed by atoms with Gasteiger partial charge in [0, 0.05) is 36.4 Å². The summed E-state index contributed by atoms with van der Waals surface area (Å²) in [6, 6.07) is 10.4. The topological polar surface area (TPSA) is 173 Å². The fourth-order valence-corrected chi connectivity index (χ4v) is 9.62. The van der Waals surface area contributed by atoms with Crippen molar-refractivity contribution >= 4 is 39.6 Å². The van der Waals surface area contributed by atoms with Crippen LogP contribution >= 0.6 is 0 Å². The van der Waals surface area contributed by atoms with Crippen LogP contribution in [0.25, 0.3) is 0 Å². The van der Waals surface area contributed by atoms with Gasteiger partial charge in [0.1, 0.15) is 11.9 Å². The number of carbonyl (C=O) groups is 5. The Labute approximate surface area is 314 Å². The van der Waals surface area contributed by atoms with Crippen molar-refractivity contribution in [2.24, 2.45) is 23.0 Å². The van der Waals surface area contributed by atoms with Crippen LogP contribution in [0.3, 0.4) is 0 Å². The molecule has 54 heavy (non-hydrogen) atoms. The second-order valence-corrected chi connectivity index (χ2v) is 18.2. The number of ketones is 1. The number of amides is 4. The van der Waals surface area contributed by atoms with E-state index in [0.717, 1.165) is 31.2 Å². The maximum absolute atomic E-state index is 14.6. The molecule has 0 spiro atoms. The van der Waals surface area contributed by atoms with Crippen molar-refractivity contribution in [2.75, 3.05) is 6.54 Å². The number of carbonyl (C=O) groups excluding carboxylic acids is 5. The highest BCUT2D eigenvalue weighted by atomic mass is 32.2. The summed E-state index contributed by atoms with van der Waals surface area (Å²) >= 11 is 0. The lowest BCUT2D eigenvalue weighted by Gasteiger charge is -2.29. The molecule has 4 amide bonds. The Bertz CT molecular complexity index is 2020. The molecular formula is C40H47FN4O8S. The third-order valence-corrected chi connectivity index (χ3v) is 14.3. The monoisotopic (exact) mass is 762 g/mol. The number of rotatable bonds is 7. The normalized spacial score (nSPS) is 28.5. The molecule has 0 aromatic heterocycles. The van der Waals surface area contributed by atoms with E-state index in [-0.39, 0.29) is 57.1 Å². The number of Topliss-reactive ketones (excluding diaryl/α,β-unsaturated/α-hetero) is 1. The van der Waals surface area contributed by atoms with Gasteiger partial charge in [0.25, 0.3) is 0 Å². The molecule has 3 fully saturated rings. The Kier molecular flexibility index (Phi) is 10.2. The SMILES string of the molecule is CC1(S(=O)(=O)NC(=O)[C@]23CC(=O)[C@@H]4C[C@@H](OC(=O)N5Cc6cccc(F)c6C5)CN4C(=O)[C@@H](Cc4cccc(C(N)=O)c4)CCCCC/C=C\[C@H]2C3)CC1. The molecule has 0 radical (unpaired) electrons. The quantitative estimate of drug-likeness (QED) is 0.383. The minimum absolute atomic E-state index is 0.0100. The smallest absolute Gasteiger partial charge is 0.410 e. The first-order valence-corrected chi connectivity index (χ1v) is 20.4. The molecule has 3 N–H and O–H groups in total. The summed E-state index contributed by atoms with van der Waals surface area (Å²) in [6.07, 6.45) is 7.11. The fourth-order valence-electron chi connectivity index (χ4n) is 8.28. The number of halogens is 1. The van der Waals surface area contributed by atoms with Gasteiger partial charge < -0.3 is 15.4 Å². The van der Waals surface area contributed by atoms with Gasteiger partial charge in [-0.3, -0.25) is 28.8 Å². The lowest BCUT2D eigenvalue weighted by molar-refractivity contribution is -0.142. The lowest BCUT2D eigenvalue weighted by Crippen LogP contribution is -2.47. The van der Waals surface area contributed by atoms with Crippen LogP contribution < -0.4 is 10.5 Å². The zero-order valence-corrected chi connectivity index (χ0v) is 31.2. The second-order valence-electron chi connectivity index (χ2n) is 16.0. The fraction of sp³-hybridized carbons (Fsp3) is 0.525. The second kappa shape index (κ2) is 14.6. The minimum atomic E-state index is -3.97. The molecule has 2 saturated carbocycles. The van der Waals surface area contributed by atoms with E-state index in [0.29, 0.717) is 36.0 Å². The van der Waals surface area contributed by atoms with Crippen LogP contribution in [0.15, 0.2) is 54.6 Å². The van der Waals surface area contributed by atoms with E-state index in [4.69, 9.17) is 10.5 Å². The van der Waals surface area contributed by atoms with Gasteiger partial charge in [0.15, 0.2) is 5.78 Å². The molecule has 1 saturated heterocycles. The highest BCUT2D eigenvalue weighted by Gasteiger charge is 2.62. The molecule has 288 valence electrons. The van der Waals surface area contributed by atoms with Gasteiger partial charge in [-0.2, -0.15) is 0 Å². The summed E-state index contributed by atoms with van der Waals surface area (Å²) in [4.78, 5) is 71.2. The number of ether oxygens (including phenoxy) is 1. The Hall–Kier alpha value is -4.59. The lowest BCUT2D eigenvalue weighted by atomic mass is 9.89. The first-order valence-electron chi connectivity index (χ1n) is 18.9. The Morgan fingerprint density at radius 2 is 1.83 bits per heavy atom. The molecule has 7 rings (SSSR count). The molecule has 0 unspecified atom stereocenters. The third kappa shape index (κ3) is 7.54. The Morgan fingerprint density at radius 3 is 2.57 bits per heavy atom. The number of fused-ring (bicyclic) bond motifs is 3. The molecular weight excluding hydrogens is 716 g/mol. The van der Waals surface area contributed by atoms with E-state index >= 15 is 0 Å². The zero-order chi connectivity index (χ0) is 38.4. The van der Waals surface area contributed by atoms with Gasteiger partial charge in [-0.05, 0) is 87.1 Å². The van der Waals surface area contributed by atoms with Gasteiger partial charge in [-0.15, -0.1) is 0 Å². The highest BCUT2D eigenvalue weighted by Crippen LogP contribution is 2.57. The van der Waals surface area contributed by atoms with Crippen molar-refractivity contribution in [3.63, 3.8) is 0 Å². The molecule has 5 aliphatic rings. The minimum Gasteiger partial charge on any atom is -0.444 e. The van der Waals surface area contributed by atoms with Gasteiger partial charge in [-0.25, -0.2) is 17.6 Å². The molecule has 2 aliphatic carbocycles. The summed E-state index contributed by atoms with van der Waals surface area (Å²) in [7, 11) is -3.97. The van der Waals surface area contributed by atoms with Crippen LogP contribution in [-0.4, -0.2) is 71.3 Å². The van der Waals surface area contributed by atoms with Crippen LogP contribution in [0, 0.1) is 23.1 Å². The van der Waals surface area contributed by atoms with Gasteiger partial charge in [0.2, 0.25) is 27.7 Å². The highest BCUT2D eigenvalue weighted by molar-refractivity contribution is 7.91. The number of nitrogens with one attached hydrogen (secondary N) is 1. The average molecular weight is 763 g/mol. The molecule has 12 nitrogen and oxygen atoms in total. The van der Waals surface area contributed by atoms with Gasteiger partial charge in [-0.1, -0.05) is 49.3 Å². The summed E-state index contributed by atoms with van der Waals surface area (Å²) in [5.74, 6) is -3.37. The molecule has 3 heterocycles. The number of hydrogen-bond acceptors (Lipinski definition) is 8. The first kappa shape index (κ1) is 37.7. The summed E-state index contributed by atoms with van der Waals surface area (Å²) < 4.78 is 47.9. The summed E-state index contributed by atoms with van der Waals surface area (Å²) in [5, 5.41) is 0. The molecule has 2 aromatic carbocycles. The maximum atomic E-state index is 14.6. The largest absolute Gasteiger partial charge is 0.444 e. The van der Waals surface area contributed by atoms with Crippen molar-refractivity contribution in [1.82, 2.24) is 14.5 Å². The summed E-state index contributed by atoms with van der Waals surface area (Å²) in [6.45, 7) is 1.71. The number of nitrogens with two attached hydrogens (primary N) is 1. The molecule has 0 bridgehead atoms. The molecule has 2 aromatic rings. The predicted octanol–water partition coefficient (Wildman–Crippen LogP) is 4.69. The maximum Gasteiger partial charge on any atom is 0.410 e. The standard InChI is InChI=1S/C40H47FN4O8S/c1-39(15-16-39)54(51,52)43-37(49)40-20-29(40)13-6-4-2-3-5-10-27(18-25-9-7-11-26(17-25)35(42)47)36(48)45-23-30(19-33(45)34(46)21-40)53-38(50)44-22-28-12-8-14-32(41)31(28)24-44/h6-9,11-14,17,27,29-30,33H,2-5,10,15-16,18-24H2,1H3,(H2,42,47)(H,43,49)/b13-6-/t27-,29+,30-,33+,40-/m1/s1. The van der Waals surface area contributed by atoms with E-state index in [1.54, 1.807) is 37.3 Å². The van der Waals surface area contributed by atoms with Crippen LogP contribution in [0.5, 0.6) is 0 Å². The van der Waals surface area contributed by atoms with E-state index in [2.05, 4.69) is 4.72 Å². The Balaban J connectivity index is 1.16. The van der Waals surface area contributed by atoms with Crippen LogP contribution in [0.2, 0.25) is 0 Å². The average Bonchev–Trinajstić information content (AvgIpc) is 3.92. The van der Waals surface area contributed by atoms with Crippen molar-refractivity contribution in [3.05, 3.63) is 82.7 Å². The van der Waals surface area contributed by atoms with Crippen molar-refractivity contribution < 1.29 is 41.5 Å². The van der Waals surface area contributed by atoms with Gasteiger partial charge in [0.05, 0.1) is 29.3 Å². The van der Waals surface area contributed by atoms with E-state index < -0.39 is 67.8 Å². The van der Waals surface area contributed by atoms with Crippen molar-refractivity contribution in [3.8, 4) is 0 Å². The number of benzene rings is 2. The number of nitrogens with zero attached hydrogens (tertiary/aromatic N) is 2. The number of sulfonamides is 1. The van der Waals surface area contributed by atoms with Crippen molar-refractivity contribution in [2.45, 2.75) is 108 Å². The number of hydrogen-bond donors (Lipinski definition) is 2. The number of primary amides is 1. The van der Waals surface area contributed by atoms with E-state index in [1.807, 2.05) is 18.2 Å².